The maximum atomic E-state index is 11.7. The fourth-order valence-electron chi connectivity index (χ4n) is 1.97. The van der Waals surface area contributed by atoms with E-state index in [9.17, 15) is 4.79 Å². The van der Waals surface area contributed by atoms with Gasteiger partial charge in [0.25, 0.3) is 0 Å². The number of nitrogen functional groups attached to an aromatic ring is 1. The lowest BCUT2D eigenvalue weighted by Crippen LogP contribution is -2.33. The van der Waals surface area contributed by atoms with Crippen LogP contribution in [0.4, 0.5) is 11.5 Å². The largest absolute Gasteiger partial charge is 0.394 e. The number of nitrogens with one attached hydrogen (secondary N) is 2. The summed E-state index contributed by atoms with van der Waals surface area (Å²) in [7, 11) is 1.86. The summed E-state index contributed by atoms with van der Waals surface area (Å²) in [6.45, 7) is 6.70. The van der Waals surface area contributed by atoms with E-state index in [0.29, 0.717) is 18.7 Å². The van der Waals surface area contributed by atoms with Crippen LogP contribution in [0.1, 0.15) is 45.7 Å². The summed E-state index contributed by atoms with van der Waals surface area (Å²) < 4.78 is 1.74. The first-order valence-electron chi connectivity index (χ1n) is 7.34. The van der Waals surface area contributed by atoms with Gasteiger partial charge in [-0.2, -0.15) is 5.10 Å². The molecule has 1 aromatic heterocycles. The van der Waals surface area contributed by atoms with Gasteiger partial charge in [-0.05, 0) is 19.8 Å². The smallest absolute Gasteiger partial charge is 0.221 e. The molecule has 0 aliphatic heterocycles. The normalized spacial score (nSPS) is 12.2. The average Bonchev–Trinajstić information content (AvgIpc) is 2.66. The molecule has 0 aliphatic carbocycles. The first-order valence-corrected chi connectivity index (χ1v) is 7.34. The van der Waals surface area contributed by atoms with Crippen LogP contribution >= 0.6 is 0 Å². The molecule has 0 fully saturated rings. The summed E-state index contributed by atoms with van der Waals surface area (Å²) in [4.78, 5) is 11.7. The van der Waals surface area contributed by atoms with Gasteiger partial charge in [-0.15, -0.1) is 0 Å². The van der Waals surface area contributed by atoms with Gasteiger partial charge in [0.2, 0.25) is 5.91 Å². The van der Waals surface area contributed by atoms with E-state index in [1.165, 1.54) is 0 Å². The monoisotopic (exact) mass is 281 g/mol. The molecule has 6 nitrogen and oxygen atoms in total. The molecular formula is C14H27N5O. The molecule has 0 bridgehead atoms. The van der Waals surface area contributed by atoms with E-state index in [1.54, 1.807) is 4.68 Å². The molecule has 114 valence electrons. The van der Waals surface area contributed by atoms with E-state index in [4.69, 9.17) is 5.73 Å². The van der Waals surface area contributed by atoms with E-state index < -0.39 is 0 Å². The van der Waals surface area contributed by atoms with Crippen LogP contribution in [-0.2, 0) is 18.3 Å². The molecule has 1 aromatic rings. The molecule has 0 saturated carbocycles. The third kappa shape index (κ3) is 4.43. The molecule has 1 unspecified atom stereocenters. The Bertz CT molecular complexity index is 441. The zero-order valence-electron chi connectivity index (χ0n) is 13.0. The van der Waals surface area contributed by atoms with Gasteiger partial charge in [0, 0.05) is 26.1 Å². The quantitative estimate of drug-likeness (QED) is 0.676. The summed E-state index contributed by atoms with van der Waals surface area (Å²) in [6.07, 6.45) is 3.25. The highest BCUT2D eigenvalue weighted by molar-refractivity contribution is 5.77. The topological polar surface area (TPSA) is 85.0 Å². The lowest BCUT2D eigenvalue weighted by molar-refractivity contribution is -0.121. The molecule has 6 heteroatoms. The number of carbonyl (C=O) groups excluding carboxylic acids is 1. The van der Waals surface area contributed by atoms with Gasteiger partial charge in [0.1, 0.15) is 5.82 Å². The average molecular weight is 281 g/mol. The van der Waals surface area contributed by atoms with Crippen molar-refractivity contribution in [1.29, 1.82) is 0 Å². The highest BCUT2D eigenvalue weighted by Crippen LogP contribution is 2.22. The van der Waals surface area contributed by atoms with Gasteiger partial charge in [-0.1, -0.05) is 20.3 Å². The van der Waals surface area contributed by atoms with Crippen molar-refractivity contribution in [3.05, 3.63) is 5.69 Å². The molecule has 1 amide bonds. The molecule has 0 spiro atoms. The molecular weight excluding hydrogens is 254 g/mol. The summed E-state index contributed by atoms with van der Waals surface area (Å²) in [5, 5.41) is 10.5. The van der Waals surface area contributed by atoms with E-state index >= 15 is 0 Å². The molecule has 0 aromatic carbocycles. The van der Waals surface area contributed by atoms with Crippen LogP contribution in [0.5, 0.6) is 0 Å². The summed E-state index contributed by atoms with van der Waals surface area (Å²) >= 11 is 0. The van der Waals surface area contributed by atoms with Crippen LogP contribution < -0.4 is 16.4 Å². The minimum atomic E-state index is 0.0568. The molecule has 4 N–H and O–H groups in total. The number of rotatable bonds is 8. The maximum absolute atomic E-state index is 11.7. The van der Waals surface area contributed by atoms with Crippen molar-refractivity contribution < 1.29 is 4.79 Å². The van der Waals surface area contributed by atoms with Crippen LogP contribution in [0.3, 0.4) is 0 Å². The second-order valence-electron chi connectivity index (χ2n) is 5.14. The van der Waals surface area contributed by atoms with E-state index in [0.717, 1.165) is 30.8 Å². The van der Waals surface area contributed by atoms with Crippen molar-refractivity contribution in [3.8, 4) is 0 Å². The van der Waals surface area contributed by atoms with Crippen molar-refractivity contribution in [2.75, 3.05) is 17.6 Å². The predicted octanol–water partition coefficient (Wildman–Crippen LogP) is 1.67. The number of aryl methyl sites for hydroxylation is 2. The summed E-state index contributed by atoms with van der Waals surface area (Å²) in [5.74, 6) is 0.853. The van der Waals surface area contributed by atoms with Gasteiger partial charge in [-0.3, -0.25) is 9.48 Å². The Labute approximate surface area is 121 Å². The van der Waals surface area contributed by atoms with Crippen molar-refractivity contribution in [2.45, 2.75) is 52.5 Å². The zero-order chi connectivity index (χ0) is 15.1. The third-order valence-electron chi connectivity index (χ3n) is 3.31. The third-order valence-corrected chi connectivity index (χ3v) is 3.31. The second kappa shape index (κ2) is 7.77. The fraction of sp³-hybridized carbons (Fsp3) is 0.714. The number of nitrogens with two attached hydrogens (primary N) is 1. The maximum Gasteiger partial charge on any atom is 0.221 e. The van der Waals surface area contributed by atoms with Crippen LogP contribution in [0.15, 0.2) is 0 Å². The van der Waals surface area contributed by atoms with Crippen LogP contribution in [0.25, 0.3) is 0 Å². The van der Waals surface area contributed by atoms with Crippen molar-refractivity contribution >= 4 is 17.4 Å². The lowest BCUT2D eigenvalue weighted by Gasteiger charge is -2.12. The number of amides is 1. The standard InChI is InChI=1S/C14H27N5O/c1-5-7-11-13(15)14(19(4)18-11)16-9-8-12(20)17-10(3)6-2/h10,16H,5-9,15H2,1-4H3,(H,17,20). The summed E-state index contributed by atoms with van der Waals surface area (Å²) in [6, 6.07) is 0.223. The Hall–Kier alpha value is -1.72. The van der Waals surface area contributed by atoms with Crippen molar-refractivity contribution in [2.24, 2.45) is 7.05 Å². The number of nitrogens with zero attached hydrogens (tertiary/aromatic N) is 2. The molecule has 20 heavy (non-hydrogen) atoms. The Kier molecular flexibility index (Phi) is 6.35. The molecule has 1 heterocycles. The Morgan fingerprint density at radius 2 is 2.15 bits per heavy atom. The molecule has 0 radical (unpaired) electrons. The lowest BCUT2D eigenvalue weighted by atomic mass is 10.2. The Morgan fingerprint density at radius 3 is 2.75 bits per heavy atom. The minimum Gasteiger partial charge on any atom is -0.394 e. The minimum absolute atomic E-state index is 0.0568. The van der Waals surface area contributed by atoms with Crippen LogP contribution in [0, 0.1) is 0 Å². The Balaban J connectivity index is 2.48. The summed E-state index contributed by atoms with van der Waals surface area (Å²) in [5.41, 5.74) is 7.67. The van der Waals surface area contributed by atoms with E-state index in [-0.39, 0.29) is 11.9 Å². The molecule has 1 atom stereocenters. The van der Waals surface area contributed by atoms with Gasteiger partial charge < -0.3 is 16.4 Å². The van der Waals surface area contributed by atoms with Gasteiger partial charge in [0.15, 0.2) is 0 Å². The number of aromatic nitrogens is 2. The SMILES string of the molecule is CCCc1nn(C)c(NCCC(=O)NC(C)CC)c1N. The predicted molar refractivity (Wildman–Crippen MR) is 82.6 cm³/mol. The van der Waals surface area contributed by atoms with Gasteiger partial charge in [0.05, 0.1) is 11.4 Å². The first-order chi connectivity index (χ1) is 9.49. The second-order valence-corrected chi connectivity index (χ2v) is 5.14. The number of hydrogen-bond acceptors (Lipinski definition) is 4. The van der Waals surface area contributed by atoms with Crippen molar-refractivity contribution in [1.82, 2.24) is 15.1 Å². The van der Waals surface area contributed by atoms with Crippen LogP contribution in [0.2, 0.25) is 0 Å². The van der Waals surface area contributed by atoms with E-state index in [2.05, 4.69) is 29.6 Å². The van der Waals surface area contributed by atoms with Crippen molar-refractivity contribution in [3.63, 3.8) is 0 Å². The number of carbonyl (C=O) groups is 1. The first kappa shape index (κ1) is 16.3. The van der Waals surface area contributed by atoms with Crippen LogP contribution in [-0.4, -0.2) is 28.3 Å². The van der Waals surface area contributed by atoms with Gasteiger partial charge >= 0.3 is 0 Å². The molecule has 0 aliphatic rings. The van der Waals surface area contributed by atoms with E-state index in [1.807, 2.05) is 14.0 Å². The number of hydrogen-bond donors (Lipinski definition) is 3. The van der Waals surface area contributed by atoms with Gasteiger partial charge in [-0.25, -0.2) is 0 Å². The number of anilines is 2. The zero-order valence-corrected chi connectivity index (χ0v) is 13.0. The highest BCUT2D eigenvalue weighted by atomic mass is 16.1. The molecule has 0 saturated heterocycles. The highest BCUT2D eigenvalue weighted by Gasteiger charge is 2.12. The fourth-order valence-corrected chi connectivity index (χ4v) is 1.97. The Morgan fingerprint density at radius 1 is 1.45 bits per heavy atom. The molecule has 1 rings (SSSR count).